The van der Waals surface area contributed by atoms with Gasteiger partial charge >= 0.3 is 0 Å². The Balaban J connectivity index is 1.45. The molecular weight excluding hydrogens is 450 g/mol. The van der Waals surface area contributed by atoms with E-state index in [1.54, 1.807) is 29.1 Å². The summed E-state index contributed by atoms with van der Waals surface area (Å²) in [5, 5.41) is 16.1. The molecule has 0 spiro atoms. The van der Waals surface area contributed by atoms with Gasteiger partial charge in [-0.15, -0.1) is 0 Å². The van der Waals surface area contributed by atoms with E-state index >= 15 is 0 Å². The van der Waals surface area contributed by atoms with Crippen molar-refractivity contribution >= 4 is 27.1 Å². The first-order valence-electron chi connectivity index (χ1n) is 12.5. The number of carbonyl (C=O) groups excluding carboxylic acids is 1. The molecule has 5 rings (SSSR count). The molecule has 1 heterocycles. The molecule has 0 radical (unpaired) electrons. The zero-order chi connectivity index (χ0) is 23.7. The quantitative estimate of drug-likeness (QED) is 0.491. The molecule has 1 amide bonds. The van der Waals surface area contributed by atoms with Crippen LogP contribution < -0.4 is 5.32 Å². The van der Waals surface area contributed by atoms with Gasteiger partial charge in [-0.25, -0.2) is 8.42 Å². The molecule has 3 aliphatic rings. The highest BCUT2D eigenvalue weighted by molar-refractivity contribution is 7.92. The number of sulfone groups is 1. The third-order valence-electron chi connectivity index (χ3n) is 7.08. The summed E-state index contributed by atoms with van der Waals surface area (Å²) >= 11 is 0. The number of aryl methyl sites for hydroxylation is 1. The van der Waals surface area contributed by atoms with Crippen molar-refractivity contribution in [2.24, 2.45) is 5.92 Å². The fourth-order valence-corrected chi connectivity index (χ4v) is 6.81. The average molecular weight is 484 g/mol. The molecule has 0 saturated heterocycles. The van der Waals surface area contributed by atoms with Gasteiger partial charge in [0, 0.05) is 31.0 Å². The molecule has 2 aromatic rings. The first-order valence-corrected chi connectivity index (χ1v) is 14.1. The van der Waals surface area contributed by atoms with Crippen LogP contribution in [0.3, 0.4) is 0 Å². The van der Waals surface area contributed by atoms with E-state index in [1.165, 1.54) is 0 Å². The van der Waals surface area contributed by atoms with Crippen LogP contribution in [-0.2, 0) is 21.2 Å². The maximum absolute atomic E-state index is 13.4. The number of amides is 1. The SMILES string of the molecule is O=C(Nc1ccn(CCCO)n1)C(=CC1CCCC1)c1ccc(S(=O)(=O)C2CC2)c(C2CC2)c1. The molecule has 3 saturated carbocycles. The van der Waals surface area contributed by atoms with Crippen LogP contribution >= 0.6 is 0 Å². The Morgan fingerprint density at radius 2 is 1.88 bits per heavy atom. The minimum absolute atomic E-state index is 0.0889. The summed E-state index contributed by atoms with van der Waals surface area (Å²) in [7, 11) is -3.29. The number of nitrogens with one attached hydrogen (secondary N) is 1. The van der Waals surface area contributed by atoms with Gasteiger partial charge in [-0.3, -0.25) is 9.48 Å². The van der Waals surface area contributed by atoms with Crippen LogP contribution in [0.15, 0.2) is 41.4 Å². The summed E-state index contributed by atoms with van der Waals surface area (Å²) in [5.74, 6) is 0.859. The van der Waals surface area contributed by atoms with Gasteiger partial charge in [0.1, 0.15) is 0 Å². The Kier molecular flexibility index (Phi) is 6.62. The van der Waals surface area contributed by atoms with Crippen LogP contribution in [0, 0.1) is 5.92 Å². The van der Waals surface area contributed by atoms with Gasteiger partial charge in [0.05, 0.1) is 10.1 Å². The van der Waals surface area contributed by atoms with Crippen molar-refractivity contribution in [3.63, 3.8) is 0 Å². The summed E-state index contributed by atoms with van der Waals surface area (Å²) in [6.07, 6.45) is 12.4. The van der Waals surface area contributed by atoms with Gasteiger partial charge in [-0.05, 0) is 80.0 Å². The van der Waals surface area contributed by atoms with Gasteiger partial charge in [0.2, 0.25) is 0 Å². The third kappa shape index (κ3) is 5.13. The number of hydrogen-bond acceptors (Lipinski definition) is 5. The molecule has 0 unspecified atom stereocenters. The lowest BCUT2D eigenvalue weighted by Crippen LogP contribution is -2.16. The number of rotatable bonds is 10. The minimum atomic E-state index is -3.29. The number of carbonyl (C=O) groups is 1. The first-order chi connectivity index (χ1) is 16.5. The normalized spacial score (nSPS) is 19.5. The highest BCUT2D eigenvalue weighted by Gasteiger charge is 2.40. The first kappa shape index (κ1) is 23.3. The highest BCUT2D eigenvalue weighted by Crippen LogP contribution is 2.46. The Hall–Kier alpha value is -2.45. The number of nitrogens with zero attached hydrogens (tertiary/aromatic N) is 2. The maximum Gasteiger partial charge on any atom is 0.257 e. The lowest BCUT2D eigenvalue weighted by Gasteiger charge is -2.15. The number of hydrogen-bond donors (Lipinski definition) is 2. The molecule has 2 N–H and O–H groups in total. The van der Waals surface area contributed by atoms with E-state index in [9.17, 15) is 13.2 Å². The van der Waals surface area contributed by atoms with Crippen molar-refractivity contribution in [3.05, 3.63) is 47.7 Å². The van der Waals surface area contributed by atoms with E-state index in [0.29, 0.717) is 35.2 Å². The zero-order valence-corrected chi connectivity index (χ0v) is 20.3. The van der Waals surface area contributed by atoms with Crippen LogP contribution in [0.5, 0.6) is 0 Å². The largest absolute Gasteiger partial charge is 0.396 e. The molecule has 8 heteroatoms. The Morgan fingerprint density at radius 3 is 2.56 bits per heavy atom. The van der Waals surface area contributed by atoms with Crippen LogP contribution in [0.2, 0.25) is 0 Å². The second kappa shape index (κ2) is 9.66. The number of aliphatic hydroxyl groups excluding tert-OH is 1. The number of allylic oxidation sites excluding steroid dienone is 1. The molecule has 3 fully saturated rings. The van der Waals surface area contributed by atoms with Crippen LogP contribution in [-0.4, -0.2) is 41.1 Å². The van der Waals surface area contributed by atoms with Crippen molar-refractivity contribution in [3.8, 4) is 0 Å². The van der Waals surface area contributed by atoms with Crippen molar-refractivity contribution in [1.29, 1.82) is 0 Å². The molecule has 1 aromatic heterocycles. The molecule has 0 atom stereocenters. The number of aliphatic hydroxyl groups is 1. The number of anilines is 1. The van der Waals surface area contributed by atoms with Crippen LogP contribution in [0.1, 0.15) is 74.8 Å². The zero-order valence-electron chi connectivity index (χ0n) is 19.4. The van der Waals surface area contributed by atoms with Crippen LogP contribution in [0.4, 0.5) is 5.82 Å². The Labute approximate surface area is 201 Å². The molecule has 182 valence electrons. The molecule has 1 aromatic carbocycles. The Morgan fingerprint density at radius 1 is 1.12 bits per heavy atom. The van der Waals surface area contributed by atoms with Crippen molar-refractivity contribution in [2.45, 2.75) is 80.4 Å². The number of aromatic nitrogens is 2. The molecule has 7 nitrogen and oxygen atoms in total. The van der Waals surface area contributed by atoms with E-state index in [4.69, 9.17) is 5.11 Å². The Bertz CT molecular complexity index is 1190. The summed E-state index contributed by atoms with van der Waals surface area (Å²) in [6.45, 7) is 0.671. The summed E-state index contributed by atoms with van der Waals surface area (Å²) in [4.78, 5) is 13.9. The van der Waals surface area contributed by atoms with E-state index in [-0.39, 0.29) is 23.7 Å². The summed E-state index contributed by atoms with van der Waals surface area (Å²) in [5.41, 5.74) is 2.25. The minimum Gasteiger partial charge on any atom is -0.396 e. The predicted molar refractivity (Wildman–Crippen MR) is 131 cm³/mol. The van der Waals surface area contributed by atoms with E-state index in [0.717, 1.165) is 62.5 Å². The standard InChI is InChI=1S/C26H33N3O4S/c30-15-3-13-29-14-12-25(28-29)27-26(31)23(16-18-4-1-2-5-18)20-8-11-24(22(17-20)19-6-7-19)34(32,33)21-9-10-21/h8,11-12,14,16-19,21,30H,1-7,9-10,13,15H2,(H,27,28,31). The number of benzene rings is 1. The van der Waals surface area contributed by atoms with Crippen molar-refractivity contribution in [2.75, 3.05) is 11.9 Å². The van der Waals surface area contributed by atoms with E-state index < -0.39 is 9.84 Å². The fourth-order valence-electron chi connectivity index (χ4n) is 4.88. The van der Waals surface area contributed by atoms with Gasteiger partial charge in [0.15, 0.2) is 15.7 Å². The van der Waals surface area contributed by atoms with Crippen LogP contribution in [0.25, 0.3) is 5.57 Å². The molecule has 0 aliphatic heterocycles. The lowest BCUT2D eigenvalue weighted by molar-refractivity contribution is -0.111. The molecule has 0 bridgehead atoms. The topological polar surface area (TPSA) is 101 Å². The van der Waals surface area contributed by atoms with E-state index in [1.807, 2.05) is 6.07 Å². The van der Waals surface area contributed by atoms with Crippen molar-refractivity contribution < 1.29 is 18.3 Å². The second-order valence-electron chi connectivity index (χ2n) is 9.89. The maximum atomic E-state index is 13.4. The fraction of sp³-hybridized carbons (Fsp3) is 0.538. The van der Waals surface area contributed by atoms with Gasteiger partial charge in [0.25, 0.3) is 5.91 Å². The third-order valence-corrected chi connectivity index (χ3v) is 9.42. The van der Waals surface area contributed by atoms with Crippen molar-refractivity contribution in [1.82, 2.24) is 9.78 Å². The molecular formula is C26H33N3O4S. The monoisotopic (exact) mass is 483 g/mol. The molecule has 3 aliphatic carbocycles. The predicted octanol–water partition coefficient (Wildman–Crippen LogP) is 4.29. The highest BCUT2D eigenvalue weighted by atomic mass is 32.2. The summed E-state index contributed by atoms with van der Waals surface area (Å²) < 4.78 is 27.8. The van der Waals surface area contributed by atoms with E-state index in [2.05, 4.69) is 16.5 Å². The molecule has 34 heavy (non-hydrogen) atoms. The average Bonchev–Trinajstić information content (AvgIpc) is 3.76. The van der Waals surface area contributed by atoms with Gasteiger partial charge in [-0.1, -0.05) is 25.0 Å². The second-order valence-corrected chi connectivity index (χ2v) is 12.1. The smallest absolute Gasteiger partial charge is 0.257 e. The van der Waals surface area contributed by atoms with Gasteiger partial charge < -0.3 is 10.4 Å². The lowest BCUT2D eigenvalue weighted by atomic mass is 9.96. The van der Waals surface area contributed by atoms with Gasteiger partial charge in [-0.2, -0.15) is 5.10 Å². The summed E-state index contributed by atoms with van der Waals surface area (Å²) in [6, 6.07) is 7.24.